The van der Waals surface area contributed by atoms with Crippen LogP contribution in [0.25, 0.3) is 11.0 Å². The van der Waals surface area contributed by atoms with Crippen molar-refractivity contribution in [3.8, 4) is 11.5 Å². The average Bonchev–Trinajstić information content (AvgIpc) is 3.19. The van der Waals surface area contributed by atoms with Gasteiger partial charge in [0.1, 0.15) is 12.2 Å². The Labute approximate surface area is 226 Å². The Bertz CT molecular complexity index is 1530. The van der Waals surface area contributed by atoms with Gasteiger partial charge in [0.25, 0.3) is 5.91 Å². The number of rotatable bonds is 9. The average molecular weight is 533 g/mol. The summed E-state index contributed by atoms with van der Waals surface area (Å²) in [7, 11) is 3.88. The number of hydrogen-bond acceptors (Lipinski definition) is 6. The lowest BCUT2D eigenvalue weighted by Gasteiger charge is -2.27. The highest BCUT2D eigenvalue weighted by Crippen LogP contribution is 2.41. The molecule has 2 heterocycles. The molecule has 7 nitrogen and oxygen atoms in total. The lowest BCUT2D eigenvalue weighted by Crippen LogP contribution is -2.35. The predicted octanol–water partition coefficient (Wildman–Crippen LogP) is 5.53. The van der Waals surface area contributed by atoms with Crippen LogP contribution in [0.2, 0.25) is 5.02 Å². The number of benzene rings is 3. The van der Waals surface area contributed by atoms with Gasteiger partial charge in [0.05, 0.1) is 23.6 Å². The third kappa shape index (κ3) is 4.99. The molecule has 0 radical (unpaired) electrons. The van der Waals surface area contributed by atoms with Gasteiger partial charge in [-0.05, 0) is 62.5 Å². The quantitative estimate of drug-likeness (QED) is 0.282. The zero-order valence-corrected chi connectivity index (χ0v) is 22.3. The van der Waals surface area contributed by atoms with Gasteiger partial charge < -0.3 is 23.7 Å². The number of fused-ring (bicyclic) bond motifs is 2. The highest BCUT2D eigenvalue weighted by molar-refractivity contribution is 6.31. The maximum atomic E-state index is 13.8. The van der Waals surface area contributed by atoms with Gasteiger partial charge in [-0.25, -0.2) is 0 Å². The van der Waals surface area contributed by atoms with E-state index >= 15 is 0 Å². The fourth-order valence-corrected chi connectivity index (χ4v) is 4.87. The Morgan fingerprint density at radius 2 is 1.76 bits per heavy atom. The molecule has 0 N–H and O–H groups in total. The second-order valence-corrected chi connectivity index (χ2v) is 9.87. The number of carbonyl (C=O) groups excluding carboxylic acids is 1. The van der Waals surface area contributed by atoms with Crippen LogP contribution in [0.4, 0.5) is 0 Å². The molecule has 0 aliphatic carbocycles. The first-order valence-electron chi connectivity index (χ1n) is 12.5. The zero-order valence-electron chi connectivity index (χ0n) is 21.6. The molecule has 0 fully saturated rings. The molecule has 4 aromatic rings. The number of amides is 1. The number of carbonyl (C=O) groups is 1. The third-order valence-corrected chi connectivity index (χ3v) is 6.77. The third-order valence-electron chi connectivity index (χ3n) is 6.54. The maximum absolute atomic E-state index is 13.8. The smallest absolute Gasteiger partial charge is 0.290 e. The zero-order chi connectivity index (χ0) is 26.8. The largest absolute Gasteiger partial charge is 0.490 e. The van der Waals surface area contributed by atoms with E-state index in [4.69, 9.17) is 25.5 Å². The van der Waals surface area contributed by atoms with E-state index < -0.39 is 6.04 Å². The van der Waals surface area contributed by atoms with Crippen molar-refractivity contribution >= 4 is 28.5 Å². The van der Waals surface area contributed by atoms with Gasteiger partial charge in [-0.1, -0.05) is 48.0 Å². The summed E-state index contributed by atoms with van der Waals surface area (Å²) in [6.07, 6.45) is 0. The molecule has 0 bridgehead atoms. The van der Waals surface area contributed by atoms with Crippen molar-refractivity contribution in [3.05, 3.63) is 104 Å². The summed E-state index contributed by atoms with van der Waals surface area (Å²) < 4.78 is 18.0. The molecule has 1 amide bonds. The van der Waals surface area contributed by atoms with Gasteiger partial charge in [0, 0.05) is 18.1 Å². The van der Waals surface area contributed by atoms with Crippen molar-refractivity contribution in [1.82, 2.24) is 9.80 Å². The molecule has 38 heavy (non-hydrogen) atoms. The number of nitrogens with zero attached hydrogens (tertiary/aromatic N) is 2. The molecule has 5 rings (SSSR count). The first-order valence-corrected chi connectivity index (χ1v) is 12.9. The lowest BCUT2D eigenvalue weighted by molar-refractivity contribution is 0.0716. The van der Waals surface area contributed by atoms with Crippen molar-refractivity contribution in [3.63, 3.8) is 0 Å². The molecule has 8 heteroatoms. The summed E-state index contributed by atoms with van der Waals surface area (Å²) in [6, 6.07) is 19.6. The second kappa shape index (κ2) is 10.9. The highest BCUT2D eigenvalue weighted by Gasteiger charge is 2.42. The van der Waals surface area contributed by atoms with Gasteiger partial charge >= 0.3 is 0 Å². The molecule has 1 aromatic heterocycles. The first-order chi connectivity index (χ1) is 18.4. The van der Waals surface area contributed by atoms with Crippen LogP contribution < -0.4 is 14.9 Å². The van der Waals surface area contributed by atoms with E-state index in [0.29, 0.717) is 59.4 Å². The van der Waals surface area contributed by atoms with E-state index in [1.807, 2.05) is 74.4 Å². The molecular formula is C30H29ClN2O5. The van der Waals surface area contributed by atoms with Gasteiger partial charge in [-0.15, -0.1) is 0 Å². The molecule has 0 saturated heterocycles. The molecular weight excluding hydrogens is 504 g/mol. The number of halogens is 1. The number of hydrogen-bond donors (Lipinski definition) is 0. The predicted molar refractivity (Wildman–Crippen MR) is 147 cm³/mol. The molecule has 1 aliphatic heterocycles. The van der Waals surface area contributed by atoms with Gasteiger partial charge in [0.15, 0.2) is 16.9 Å². The van der Waals surface area contributed by atoms with E-state index in [1.165, 1.54) is 0 Å². The Kier molecular flexibility index (Phi) is 7.40. The molecule has 0 spiro atoms. The fourth-order valence-electron chi connectivity index (χ4n) is 4.70. The Morgan fingerprint density at radius 1 is 0.974 bits per heavy atom. The minimum atomic E-state index is -0.639. The molecule has 196 valence electrons. The van der Waals surface area contributed by atoms with Crippen LogP contribution in [0.1, 0.15) is 40.2 Å². The minimum absolute atomic E-state index is 0.0657. The minimum Gasteiger partial charge on any atom is -0.490 e. The molecule has 3 aromatic carbocycles. The molecule has 0 unspecified atom stereocenters. The van der Waals surface area contributed by atoms with Crippen molar-refractivity contribution in [2.75, 3.05) is 33.8 Å². The highest BCUT2D eigenvalue weighted by atomic mass is 35.5. The van der Waals surface area contributed by atoms with Gasteiger partial charge in [-0.3, -0.25) is 9.59 Å². The summed E-state index contributed by atoms with van der Waals surface area (Å²) >= 11 is 6.19. The standard InChI is InChI=1S/C30H29ClN2O5/c1-4-36-25-16-20(10-12-24(25)37-18-19-8-6-5-7-9-19)27-26-28(34)22-17-21(31)11-13-23(22)38-29(26)30(35)33(27)15-14-32(2)3/h5-13,16-17,27H,4,14-15,18H2,1-3H3/t27-/m0/s1. The SMILES string of the molecule is CCOc1cc([C@H]2c3c(oc4ccc(Cl)cc4c3=O)C(=O)N2CCN(C)C)ccc1OCc1ccccc1. The van der Waals surface area contributed by atoms with E-state index in [1.54, 1.807) is 23.1 Å². The van der Waals surface area contributed by atoms with Crippen LogP contribution >= 0.6 is 11.6 Å². The van der Waals surface area contributed by atoms with E-state index in [2.05, 4.69) is 0 Å². The summed E-state index contributed by atoms with van der Waals surface area (Å²) in [4.78, 5) is 31.0. The van der Waals surface area contributed by atoms with Crippen LogP contribution in [0, 0.1) is 0 Å². The Morgan fingerprint density at radius 3 is 2.50 bits per heavy atom. The molecule has 0 saturated carbocycles. The Balaban J connectivity index is 1.60. The van der Waals surface area contributed by atoms with E-state index in [0.717, 1.165) is 11.1 Å². The van der Waals surface area contributed by atoms with E-state index in [-0.39, 0.29) is 17.1 Å². The van der Waals surface area contributed by atoms with Crippen LogP contribution in [0.15, 0.2) is 75.9 Å². The molecule has 1 atom stereocenters. The lowest BCUT2D eigenvalue weighted by atomic mass is 9.98. The summed E-state index contributed by atoms with van der Waals surface area (Å²) in [5.41, 5.74) is 2.15. The Hall–Kier alpha value is -3.81. The number of ether oxygens (including phenoxy) is 2. The van der Waals surface area contributed by atoms with Crippen molar-refractivity contribution < 1.29 is 18.7 Å². The van der Waals surface area contributed by atoms with Crippen molar-refractivity contribution in [2.45, 2.75) is 19.6 Å². The van der Waals surface area contributed by atoms with Crippen LogP contribution in [-0.2, 0) is 6.61 Å². The van der Waals surface area contributed by atoms with Gasteiger partial charge in [0.2, 0.25) is 5.76 Å². The monoisotopic (exact) mass is 532 g/mol. The second-order valence-electron chi connectivity index (χ2n) is 9.43. The van der Waals surface area contributed by atoms with Crippen LogP contribution in [-0.4, -0.2) is 49.5 Å². The van der Waals surface area contributed by atoms with E-state index in [9.17, 15) is 9.59 Å². The maximum Gasteiger partial charge on any atom is 0.290 e. The normalized spacial score (nSPS) is 14.8. The van der Waals surface area contributed by atoms with Crippen molar-refractivity contribution in [2.24, 2.45) is 0 Å². The molecule has 1 aliphatic rings. The van der Waals surface area contributed by atoms with Crippen molar-refractivity contribution in [1.29, 1.82) is 0 Å². The topological polar surface area (TPSA) is 72.2 Å². The summed E-state index contributed by atoms with van der Waals surface area (Å²) in [5.74, 6) is 0.878. The fraction of sp³-hybridized carbons (Fsp3) is 0.267. The van der Waals surface area contributed by atoms with Gasteiger partial charge in [-0.2, -0.15) is 0 Å². The number of likely N-dealkylation sites (N-methyl/N-ethyl adjacent to an activating group) is 1. The van der Waals surface area contributed by atoms with Crippen LogP contribution in [0.5, 0.6) is 11.5 Å². The summed E-state index contributed by atoms with van der Waals surface area (Å²) in [5, 5.41) is 0.769. The first kappa shape index (κ1) is 25.8. The van der Waals surface area contributed by atoms with Crippen LogP contribution in [0.3, 0.4) is 0 Å². The summed E-state index contributed by atoms with van der Waals surface area (Å²) in [6.45, 7) is 3.74.